The quantitative estimate of drug-likeness (QED) is 0.804. The molecule has 3 aromatic heterocycles. The van der Waals surface area contributed by atoms with Gasteiger partial charge in [0.1, 0.15) is 5.69 Å². The van der Waals surface area contributed by atoms with Crippen molar-refractivity contribution in [3.63, 3.8) is 0 Å². The Hall–Kier alpha value is -2.76. The average molecular weight is 294 g/mol. The van der Waals surface area contributed by atoms with Gasteiger partial charge in [-0.1, -0.05) is 6.07 Å². The van der Waals surface area contributed by atoms with Crippen LogP contribution in [0.25, 0.3) is 17.2 Å². The van der Waals surface area contributed by atoms with Gasteiger partial charge in [-0.25, -0.2) is 4.68 Å². The van der Waals surface area contributed by atoms with E-state index in [1.165, 1.54) is 0 Å². The van der Waals surface area contributed by atoms with Crippen LogP contribution in [0.15, 0.2) is 48.9 Å². The number of rotatable bonds is 3. The fourth-order valence-corrected chi connectivity index (χ4v) is 2.02. The highest BCUT2D eigenvalue weighted by Gasteiger charge is 2.18. The first-order chi connectivity index (χ1) is 10.5. The highest BCUT2D eigenvalue weighted by atomic mass is 15.4. The van der Waals surface area contributed by atoms with Crippen LogP contribution in [0.4, 0.5) is 5.95 Å². The molecule has 3 heterocycles. The van der Waals surface area contributed by atoms with Crippen LogP contribution in [0, 0.1) is 0 Å². The lowest BCUT2D eigenvalue weighted by molar-refractivity contribution is 0.625. The van der Waals surface area contributed by atoms with Gasteiger partial charge in [-0.3, -0.25) is 9.97 Å². The van der Waals surface area contributed by atoms with Crippen LogP contribution in [0.5, 0.6) is 0 Å². The molecule has 0 unspecified atom stereocenters. The van der Waals surface area contributed by atoms with E-state index in [0.717, 1.165) is 11.4 Å². The number of nitrogens with zero attached hydrogens (tertiary/aromatic N) is 5. The summed E-state index contributed by atoms with van der Waals surface area (Å²) in [6.45, 7) is 6.20. The zero-order valence-electron chi connectivity index (χ0n) is 12.9. The zero-order chi connectivity index (χ0) is 15.6. The van der Waals surface area contributed by atoms with Gasteiger partial charge in [0, 0.05) is 17.9 Å². The molecule has 0 aliphatic rings. The summed E-state index contributed by atoms with van der Waals surface area (Å²) in [6, 6.07) is 9.53. The smallest absolute Gasteiger partial charge is 0.243 e. The summed E-state index contributed by atoms with van der Waals surface area (Å²) in [6.07, 6.45) is 5.23. The Balaban J connectivity index is 2.11. The van der Waals surface area contributed by atoms with Crippen molar-refractivity contribution in [2.75, 3.05) is 5.32 Å². The van der Waals surface area contributed by atoms with Crippen molar-refractivity contribution in [1.82, 2.24) is 24.7 Å². The molecule has 0 amide bonds. The molecule has 6 heteroatoms. The number of nitrogens with one attached hydrogen (secondary N) is 1. The molecule has 22 heavy (non-hydrogen) atoms. The molecule has 3 rings (SSSR count). The van der Waals surface area contributed by atoms with Crippen LogP contribution in [0.3, 0.4) is 0 Å². The number of anilines is 1. The van der Waals surface area contributed by atoms with E-state index >= 15 is 0 Å². The molecule has 0 radical (unpaired) electrons. The maximum Gasteiger partial charge on any atom is 0.243 e. The van der Waals surface area contributed by atoms with Gasteiger partial charge in [-0.15, -0.1) is 5.10 Å². The average Bonchev–Trinajstić information content (AvgIpc) is 2.91. The van der Waals surface area contributed by atoms with Gasteiger partial charge >= 0.3 is 0 Å². The predicted molar refractivity (Wildman–Crippen MR) is 85.8 cm³/mol. The number of hydrogen-bond acceptors (Lipinski definition) is 5. The second kappa shape index (κ2) is 5.55. The Morgan fingerprint density at radius 1 is 1.05 bits per heavy atom. The van der Waals surface area contributed by atoms with Gasteiger partial charge in [-0.2, -0.15) is 4.98 Å². The van der Waals surface area contributed by atoms with Crippen molar-refractivity contribution in [2.45, 2.75) is 26.3 Å². The third-order valence-corrected chi connectivity index (χ3v) is 2.88. The monoisotopic (exact) mass is 294 g/mol. The normalized spacial score (nSPS) is 11.4. The van der Waals surface area contributed by atoms with Crippen molar-refractivity contribution >= 4 is 5.95 Å². The summed E-state index contributed by atoms with van der Waals surface area (Å²) >= 11 is 0. The zero-order valence-corrected chi connectivity index (χ0v) is 12.9. The van der Waals surface area contributed by atoms with E-state index in [9.17, 15) is 0 Å². The second-order valence-electron chi connectivity index (χ2n) is 5.97. The van der Waals surface area contributed by atoms with Crippen molar-refractivity contribution in [3.05, 3.63) is 48.9 Å². The Morgan fingerprint density at radius 2 is 1.91 bits per heavy atom. The fourth-order valence-electron chi connectivity index (χ4n) is 2.02. The van der Waals surface area contributed by atoms with E-state index in [1.54, 1.807) is 23.3 Å². The lowest BCUT2D eigenvalue weighted by Crippen LogP contribution is -2.26. The summed E-state index contributed by atoms with van der Waals surface area (Å²) in [5.41, 5.74) is 1.49. The first-order valence-electron chi connectivity index (χ1n) is 7.10. The van der Waals surface area contributed by atoms with E-state index in [2.05, 4.69) is 46.1 Å². The lowest BCUT2D eigenvalue weighted by Gasteiger charge is -2.18. The fraction of sp³-hybridized carbons (Fsp3) is 0.250. The van der Waals surface area contributed by atoms with Crippen LogP contribution in [0.2, 0.25) is 0 Å². The predicted octanol–water partition coefficient (Wildman–Crippen LogP) is 2.93. The minimum absolute atomic E-state index is 0.123. The summed E-state index contributed by atoms with van der Waals surface area (Å²) in [4.78, 5) is 13.1. The molecule has 0 aliphatic carbocycles. The molecule has 0 saturated carbocycles. The van der Waals surface area contributed by atoms with Gasteiger partial charge in [0.05, 0.1) is 11.9 Å². The minimum atomic E-state index is -0.123. The number of hydrogen-bond donors (Lipinski definition) is 1. The minimum Gasteiger partial charge on any atom is -0.348 e. The van der Waals surface area contributed by atoms with Crippen molar-refractivity contribution < 1.29 is 0 Å². The maximum atomic E-state index is 4.59. The van der Waals surface area contributed by atoms with Crippen LogP contribution >= 0.6 is 0 Å². The largest absolute Gasteiger partial charge is 0.348 e. The van der Waals surface area contributed by atoms with Gasteiger partial charge in [0.2, 0.25) is 5.95 Å². The Labute approximate surface area is 129 Å². The Morgan fingerprint density at radius 3 is 2.55 bits per heavy atom. The van der Waals surface area contributed by atoms with Crippen LogP contribution < -0.4 is 5.32 Å². The molecule has 0 spiro atoms. The maximum absolute atomic E-state index is 4.59. The van der Waals surface area contributed by atoms with Crippen LogP contribution in [0.1, 0.15) is 20.8 Å². The van der Waals surface area contributed by atoms with E-state index < -0.39 is 0 Å². The number of aromatic nitrogens is 5. The molecule has 0 bridgehead atoms. The van der Waals surface area contributed by atoms with Crippen LogP contribution in [-0.2, 0) is 0 Å². The highest BCUT2D eigenvalue weighted by molar-refractivity contribution is 5.55. The third-order valence-electron chi connectivity index (χ3n) is 2.88. The molecular formula is C16H18N6. The highest BCUT2D eigenvalue weighted by Crippen LogP contribution is 2.21. The van der Waals surface area contributed by atoms with Crippen molar-refractivity contribution in [1.29, 1.82) is 0 Å². The summed E-state index contributed by atoms with van der Waals surface area (Å²) < 4.78 is 1.75. The molecule has 0 atom stereocenters. The molecule has 0 aliphatic heterocycles. The van der Waals surface area contributed by atoms with E-state index in [1.807, 2.05) is 30.3 Å². The lowest BCUT2D eigenvalue weighted by atomic mass is 10.1. The third kappa shape index (κ3) is 3.11. The van der Waals surface area contributed by atoms with E-state index in [4.69, 9.17) is 0 Å². The molecule has 0 saturated heterocycles. The topological polar surface area (TPSA) is 68.5 Å². The molecular weight excluding hydrogens is 276 g/mol. The molecule has 0 fully saturated rings. The Bertz CT molecular complexity index is 686. The summed E-state index contributed by atoms with van der Waals surface area (Å²) in [5.74, 6) is 1.25. The summed E-state index contributed by atoms with van der Waals surface area (Å²) in [5, 5.41) is 7.85. The summed E-state index contributed by atoms with van der Waals surface area (Å²) in [7, 11) is 0. The molecule has 1 N–H and O–H groups in total. The first kappa shape index (κ1) is 14.2. The van der Waals surface area contributed by atoms with E-state index in [-0.39, 0.29) is 5.54 Å². The van der Waals surface area contributed by atoms with E-state index in [0.29, 0.717) is 11.8 Å². The first-order valence-corrected chi connectivity index (χ1v) is 7.10. The van der Waals surface area contributed by atoms with Gasteiger partial charge < -0.3 is 5.32 Å². The second-order valence-corrected chi connectivity index (χ2v) is 5.97. The van der Waals surface area contributed by atoms with Gasteiger partial charge in [0.25, 0.3) is 0 Å². The molecule has 6 nitrogen and oxygen atoms in total. The van der Waals surface area contributed by atoms with Crippen LogP contribution in [-0.4, -0.2) is 30.3 Å². The number of pyridine rings is 2. The molecule has 3 aromatic rings. The molecule has 0 aromatic carbocycles. The molecule has 112 valence electrons. The van der Waals surface area contributed by atoms with Crippen molar-refractivity contribution in [2.24, 2.45) is 0 Å². The van der Waals surface area contributed by atoms with Gasteiger partial charge in [-0.05, 0) is 45.0 Å². The van der Waals surface area contributed by atoms with Crippen molar-refractivity contribution in [3.8, 4) is 17.2 Å². The van der Waals surface area contributed by atoms with Gasteiger partial charge in [0.15, 0.2) is 5.82 Å². The SMILES string of the molecule is CC(C)(C)Nc1nc(-c2ccccn2)n(-c2cccnc2)n1. The standard InChI is InChI=1S/C16H18N6/c1-16(2,3)20-15-19-14(13-8-4-5-10-18-13)22(21-15)12-7-6-9-17-11-12/h4-11H,1-3H3,(H,20,21). The Kier molecular flexibility index (Phi) is 3.58.